The Bertz CT molecular complexity index is 311. The molecule has 0 unspecified atom stereocenters. The lowest BCUT2D eigenvalue weighted by molar-refractivity contribution is -0.125. The molecular weight excluding hydrogens is 200 g/mol. The summed E-state index contributed by atoms with van der Waals surface area (Å²) in [7, 11) is 3.22. The van der Waals surface area contributed by atoms with E-state index in [4.69, 9.17) is 4.74 Å². The van der Waals surface area contributed by atoms with E-state index in [1.54, 1.807) is 14.2 Å². The van der Waals surface area contributed by atoms with Gasteiger partial charge in [0.15, 0.2) is 5.70 Å². The van der Waals surface area contributed by atoms with Crippen LogP contribution < -0.4 is 5.32 Å². The van der Waals surface area contributed by atoms with Crippen molar-refractivity contribution in [3.63, 3.8) is 0 Å². The van der Waals surface area contributed by atoms with Crippen molar-refractivity contribution in [2.75, 3.05) is 27.3 Å². The quantitative estimate of drug-likeness (QED) is 0.471. The largest absolute Gasteiger partial charge is 0.501 e. The van der Waals surface area contributed by atoms with Crippen LogP contribution in [0.1, 0.15) is 6.42 Å². The van der Waals surface area contributed by atoms with Crippen molar-refractivity contribution >= 4 is 11.8 Å². The molecule has 0 radical (unpaired) electrons. The molecule has 1 aliphatic rings. The number of amides is 2. The van der Waals surface area contributed by atoms with Crippen molar-refractivity contribution in [3.05, 3.63) is 11.5 Å². The molecule has 1 heterocycles. The van der Waals surface area contributed by atoms with Gasteiger partial charge in [-0.05, 0) is 6.42 Å². The summed E-state index contributed by atoms with van der Waals surface area (Å²) in [5, 5.41) is 11.3. The van der Waals surface area contributed by atoms with Gasteiger partial charge in [0.1, 0.15) is 0 Å². The molecule has 2 amide bonds. The van der Waals surface area contributed by atoms with Crippen molar-refractivity contribution in [2.45, 2.75) is 6.42 Å². The van der Waals surface area contributed by atoms with E-state index in [0.29, 0.717) is 19.6 Å². The first-order chi connectivity index (χ1) is 7.07. The van der Waals surface area contributed by atoms with Crippen molar-refractivity contribution < 1.29 is 19.4 Å². The molecule has 0 aromatic carbocycles. The predicted octanol–water partition coefficient (Wildman–Crippen LogP) is -0.619. The van der Waals surface area contributed by atoms with Gasteiger partial charge in [0.05, 0.1) is 0 Å². The molecule has 15 heavy (non-hydrogen) atoms. The molecule has 2 N–H and O–H groups in total. The fourth-order valence-electron chi connectivity index (χ4n) is 1.35. The Labute approximate surface area is 87.5 Å². The summed E-state index contributed by atoms with van der Waals surface area (Å²) in [5.41, 5.74) is 0.0242. The lowest BCUT2D eigenvalue weighted by Gasteiger charge is -2.17. The van der Waals surface area contributed by atoms with E-state index in [1.807, 2.05) is 5.32 Å². The van der Waals surface area contributed by atoms with Crippen LogP contribution >= 0.6 is 0 Å². The third-order valence-corrected chi connectivity index (χ3v) is 2.11. The summed E-state index contributed by atoms with van der Waals surface area (Å²) < 4.78 is 4.86. The lowest BCUT2D eigenvalue weighted by Crippen LogP contribution is -2.29. The van der Waals surface area contributed by atoms with Gasteiger partial charge in [-0.3, -0.25) is 14.9 Å². The molecule has 0 spiro atoms. The summed E-state index contributed by atoms with van der Waals surface area (Å²) in [6.07, 6.45) is 0.714. The molecule has 84 valence electrons. The molecule has 0 saturated carbocycles. The van der Waals surface area contributed by atoms with Crippen LogP contribution in [-0.4, -0.2) is 49.1 Å². The fourth-order valence-corrected chi connectivity index (χ4v) is 1.35. The van der Waals surface area contributed by atoms with Gasteiger partial charge >= 0.3 is 0 Å². The number of nitrogens with zero attached hydrogens (tertiary/aromatic N) is 1. The van der Waals surface area contributed by atoms with E-state index in [9.17, 15) is 14.7 Å². The summed E-state index contributed by atoms with van der Waals surface area (Å²) in [4.78, 5) is 23.7. The Morgan fingerprint density at radius 1 is 1.40 bits per heavy atom. The van der Waals surface area contributed by atoms with E-state index in [1.165, 1.54) is 4.90 Å². The van der Waals surface area contributed by atoms with E-state index >= 15 is 0 Å². The molecule has 6 heteroatoms. The van der Waals surface area contributed by atoms with Crippen molar-refractivity contribution in [3.8, 4) is 0 Å². The fraction of sp³-hybridized carbons (Fsp3) is 0.556. The van der Waals surface area contributed by atoms with Crippen LogP contribution in [0.3, 0.4) is 0 Å². The van der Waals surface area contributed by atoms with Crippen LogP contribution in [0.15, 0.2) is 11.5 Å². The number of hydrogen-bond acceptors (Lipinski definition) is 5. The van der Waals surface area contributed by atoms with Crippen LogP contribution in [0, 0.1) is 0 Å². The van der Waals surface area contributed by atoms with Gasteiger partial charge in [-0.2, -0.15) is 0 Å². The zero-order valence-electron chi connectivity index (χ0n) is 8.74. The number of likely N-dealkylation sites (N-methyl/N-ethyl adjacent to an activating group) is 1. The van der Waals surface area contributed by atoms with Crippen molar-refractivity contribution in [1.82, 2.24) is 10.2 Å². The highest BCUT2D eigenvalue weighted by atomic mass is 16.5. The third-order valence-electron chi connectivity index (χ3n) is 2.11. The number of aliphatic hydroxyl groups excluding tert-OH is 1. The number of carbonyl (C=O) groups excluding carboxylic acids is 2. The van der Waals surface area contributed by atoms with Crippen molar-refractivity contribution in [1.29, 1.82) is 0 Å². The predicted molar refractivity (Wildman–Crippen MR) is 51.9 cm³/mol. The normalized spacial score (nSPS) is 15.9. The molecule has 0 bridgehead atoms. The molecule has 0 atom stereocenters. The highest BCUT2D eigenvalue weighted by molar-refractivity contribution is 6.17. The topological polar surface area (TPSA) is 78.9 Å². The number of imide groups is 1. The Kier molecular flexibility index (Phi) is 3.68. The van der Waals surface area contributed by atoms with Gasteiger partial charge in [-0.15, -0.1) is 0 Å². The molecule has 0 saturated heterocycles. The van der Waals surface area contributed by atoms with Crippen LogP contribution in [0.2, 0.25) is 0 Å². The zero-order valence-corrected chi connectivity index (χ0v) is 8.74. The van der Waals surface area contributed by atoms with E-state index in [0.717, 1.165) is 0 Å². The number of hydrogen-bond donors (Lipinski definition) is 2. The van der Waals surface area contributed by atoms with E-state index < -0.39 is 17.6 Å². The van der Waals surface area contributed by atoms with Crippen LogP contribution in [0.4, 0.5) is 0 Å². The van der Waals surface area contributed by atoms with Gasteiger partial charge < -0.3 is 14.7 Å². The van der Waals surface area contributed by atoms with Gasteiger partial charge in [0.25, 0.3) is 11.8 Å². The summed E-state index contributed by atoms with van der Waals surface area (Å²) in [5.74, 6) is -1.81. The SMILES string of the molecule is COCCCN(C)C1=C(O)C(=O)NC1=O. The van der Waals surface area contributed by atoms with Gasteiger partial charge in [-0.1, -0.05) is 0 Å². The summed E-state index contributed by atoms with van der Waals surface area (Å²) in [6, 6.07) is 0. The monoisotopic (exact) mass is 214 g/mol. The number of aliphatic hydroxyl groups is 1. The highest BCUT2D eigenvalue weighted by Crippen LogP contribution is 2.13. The smallest absolute Gasteiger partial charge is 0.295 e. The first-order valence-electron chi connectivity index (χ1n) is 4.57. The second kappa shape index (κ2) is 4.79. The number of rotatable bonds is 5. The molecule has 1 aliphatic heterocycles. The second-order valence-corrected chi connectivity index (χ2v) is 3.25. The number of methoxy groups -OCH3 is 1. The number of nitrogens with one attached hydrogen (secondary N) is 1. The first-order valence-corrected chi connectivity index (χ1v) is 4.57. The van der Waals surface area contributed by atoms with Crippen LogP contribution in [-0.2, 0) is 14.3 Å². The summed E-state index contributed by atoms with van der Waals surface area (Å²) in [6.45, 7) is 1.10. The molecule has 0 aromatic rings. The maximum Gasteiger partial charge on any atom is 0.295 e. The number of carbonyl (C=O) groups is 2. The summed E-state index contributed by atoms with van der Waals surface area (Å²) >= 11 is 0. The second-order valence-electron chi connectivity index (χ2n) is 3.25. The average molecular weight is 214 g/mol. The lowest BCUT2D eigenvalue weighted by atomic mass is 10.3. The van der Waals surface area contributed by atoms with Gasteiger partial charge in [0.2, 0.25) is 5.76 Å². The minimum absolute atomic E-state index is 0.0242. The highest BCUT2D eigenvalue weighted by Gasteiger charge is 2.32. The minimum atomic E-state index is -0.742. The van der Waals surface area contributed by atoms with Crippen molar-refractivity contribution in [2.24, 2.45) is 0 Å². The molecule has 0 aromatic heterocycles. The van der Waals surface area contributed by atoms with Crippen LogP contribution in [0.25, 0.3) is 0 Å². The van der Waals surface area contributed by atoms with Gasteiger partial charge in [0, 0.05) is 27.3 Å². The standard InChI is InChI=1S/C9H14N2O4/c1-11(4-3-5-15-2)6-7(12)9(14)10-8(6)13/h3-5H2,1-2H3,(H2,10,12,13,14). The molecule has 1 rings (SSSR count). The third kappa shape index (κ3) is 2.47. The molecule has 0 aliphatic carbocycles. The van der Waals surface area contributed by atoms with Crippen LogP contribution in [0.5, 0.6) is 0 Å². The molecule has 0 fully saturated rings. The maximum atomic E-state index is 11.2. The van der Waals surface area contributed by atoms with E-state index in [2.05, 4.69) is 0 Å². The number of ether oxygens (including phenoxy) is 1. The molecule has 6 nitrogen and oxygen atoms in total. The Hall–Kier alpha value is -1.56. The Morgan fingerprint density at radius 3 is 2.53 bits per heavy atom. The van der Waals surface area contributed by atoms with Gasteiger partial charge in [-0.25, -0.2) is 0 Å². The maximum absolute atomic E-state index is 11.2. The average Bonchev–Trinajstić information content (AvgIpc) is 2.41. The zero-order chi connectivity index (χ0) is 11.4. The minimum Gasteiger partial charge on any atom is -0.501 e. The first kappa shape index (κ1) is 11.5. The molecular formula is C9H14N2O4. The Balaban J connectivity index is 2.62. The Morgan fingerprint density at radius 2 is 2.07 bits per heavy atom. The van der Waals surface area contributed by atoms with E-state index in [-0.39, 0.29) is 5.70 Å².